The normalized spacial score (nSPS) is 11.0. The summed E-state index contributed by atoms with van der Waals surface area (Å²) < 4.78 is 1.81. The number of nitrogens with zero attached hydrogens (tertiary/aromatic N) is 3. The standard InChI is InChI=1S/C18H12ClN3/c19-16-8-6-13(7-9-16)15-10-20-18-17(11-21-22(18)12-15)14-4-2-1-3-5-14/h1-12H. The molecule has 0 radical (unpaired) electrons. The molecule has 4 aromatic rings. The Morgan fingerprint density at radius 2 is 1.55 bits per heavy atom. The van der Waals surface area contributed by atoms with Gasteiger partial charge >= 0.3 is 0 Å². The van der Waals surface area contributed by atoms with Crippen LogP contribution in [0.4, 0.5) is 0 Å². The van der Waals surface area contributed by atoms with Crippen molar-refractivity contribution in [2.75, 3.05) is 0 Å². The van der Waals surface area contributed by atoms with Gasteiger partial charge in [-0.05, 0) is 23.3 Å². The van der Waals surface area contributed by atoms with Gasteiger partial charge in [0.1, 0.15) is 0 Å². The van der Waals surface area contributed by atoms with Crippen molar-refractivity contribution in [2.24, 2.45) is 0 Å². The van der Waals surface area contributed by atoms with Gasteiger partial charge in [-0.15, -0.1) is 0 Å². The highest BCUT2D eigenvalue weighted by Crippen LogP contribution is 2.25. The summed E-state index contributed by atoms with van der Waals surface area (Å²) in [7, 11) is 0. The maximum Gasteiger partial charge on any atom is 0.162 e. The average molecular weight is 306 g/mol. The minimum absolute atomic E-state index is 0.725. The third kappa shape index (κ3) is 2.26. The molecule has 0 saturated heterocycles. The van der Waals surface area contributed by atoms with Crippen molar-refractivity contribution >= 4 is 17.2 Å². The van der Waals surface area contributed by atoms with Crippen molar-refractivity contribution in [3.63, 3.8) is 0 Å². The molecule has 0 aliphatic carbocycles. The predicted molar refractivity (Wildman–Crippen MR) is 88.9 cm³/mol. The first-order valence-electron chi connectivity index (χ1n) is 6.96. The summed E-state index contributed by atoms with van der Waals surface area (Å²) in [6.45, 7) is 0. The van der Waals surface area contributed by atoms with Crippen molar-refractivity contribution in [2.45, 2.75) is 0 Å². The highest BCUT2D eigenvalue weighted by Gasteiger charge is 2.08. The highest BCUT2D eigenvalue weighted by molar-refractivity contribution is 6.30. The number of fused-ring (bicyclic) bond motifs is 1. The van der Waals surface area contributed by atoms with Gasteiger partial charge < -0.3 is 0 Å². The van der Waals surface area contributed by atoms with Crippen LogP contribution in [0.1, 0.15) is 0 Å². The second kappa shape index (κ2) is 5.28. The van der Waals surface area contributed by atoms with E-state index in [2.05, 4.69) is 22.2 Å². The fourth-order valence-corrected chi connectivity index (χ4v) is 2.61. The lowest BCUT2D eigenvalue weighted by Crippen LogP contribution is -1.92. The molecule has 0 aliphatic rings. The lowest BCUT2D eigenvalue weighted by atomic mass is 10.1. The fourth-order valence-electron chi connectivity index (χ4n) is 2.49. The molecule has 0 N–H and O–H groups in total. The quantitative estimate of drug-likeness (QED) is 0.536. The second-order valence-corrected chi connectivity index (χ2v) is 5.48. The van der Waals surface area contributed by atoms with E-state index in [1.54, 1.807) is 0 Å². The highest BCUT2D eigenvalue weighted by atomic mass is 35.5. The molecule has 0 unspecified atom stereocenters. The molecule has 2 aromatic carbocycles. The molecule has 22 heavy (non-hydrogen) atoms. The Hall–Kier alpha value is -2.65. The zero-order valence-corrected chi connectivity index (χ0v) is 12.4. The average Bonchev–Trinajstić information content (AvgIpc) is 2.99. The summed E-state index contributed by atoms with van der Waals surface area (Å²) in [5.74, 6) is 0. The van der Waals surface area contributed by atoms with Crippen LogP contribution in [0.25, 0.3) is 27.9 Å². The zero-order valence-electron chi connectivity index (χ0n) is 11.6. The van der Waals surface area contributed by atoms with Gasteiger partial charge in [0.2, 0.25) is 0 Å². The van der Waals surface area contributed by atoms with Crippen LogP contribution < -0.4 is 0 Å². The molecule has 106 valence electrons. The van der Waals surface area contributed by atoms with E-state index >= 15 is 0 Å². The summed E-state index contributed by atoms with van der Waals surface area (Å²) in [5.41, 5.74) is 5.07. The zero-order chi connectivity index (χ0) is 14.9. The van der Waals surface area contributed by atoms with E-state index in [0.717, 1.165) is 32.9 Å². The molecule has 4 rings (SSSR count). The SMILES string of the molecule is Clc1ccc(-c2cnc3c(-c4ccccc4)cnn3c2)cc1. The third-order valence-corrected chi connectivity index (χ3v) is 3.87. The van der Waals surface area contributed by atoms with E-state index in [9.17, 15) is 0 Å². The first-order chi connectivity index (χ1) is 10.8. The van der Waals surface area contributed by atoms with Crippen molar-refractivity contribution in [1.29, 1.82) is 0 Å². The Morgan fingerprint density at radius 1 is 0.773 bits per heavy atom. The van der Waals surface area contributed by atoms with Crippen LogP contribution in [0.5, 0.6) is 0 Å². The fraction of sp³-hybridized carbons (Fsp3) is 0. The second-order valence-electron chi connectivity index (χ2n) is 5.04. The minimum atomic E-state index is 0.725. The maximum absolute atomic E-state index is 5.93. The number of halogens is 1. The molecule has 0 bridgehead atoms. The van der Waals surface area contributed by atoms with Gasteiger partial charge in [-0.3, -0.25) is 0 Å². The number of rotatable bonds is 2. The Balaban J connectivity index is 1.82. The summed E-state index contributed by atoms with van der Waals surface area (Å²) in [6.07, 6.45) is 5.70. The lowest BCUT2D eigenvalue weighted by molar-refractivity contribution is 0.941. The van der Waals surface area contributed by atoms with Crippen LogP contribution in [0, 0.1) is 0 Å². The van der Waals surface area contributed by atoms with E-state index in [-0.39, 0.29) is 0 Å². The molecule has 2 aromatic heterocycles. The molecule has 0 spiro atoms. The molecule has 2 heterocycles. The summed E-state index contributed by atoms with van der Waals surface area (Å²) in [5, 5.41) is 5.15. The third-order valence-electron chi connectivity index (χ3n) is 3.62. The van der Waals surface area contributed by atoms with Gasteiger partial charge in [-0.2, -0.15) is 5.10 Å². The Kier molecular flexibility index (Phi) is 3.13. The van der Waals surface area contributed by atoms with Gasteiger partial charge in [-0.25, -0.2) is 9.50 Å². The predicted octanol–water partition coefficient (Wildman–Crippen LogP) is 4.72. The molecule has 0 aliphatic heterocycles. The molecule has 3 nitrogen and oxygen atoms in total. The molecule has 0 atom stereocenters. The van der Waals surface area contributed by atoms with Crippen LogP contribution in [0.15, 0.2) is 73.2 Å². The topological polar surface area (TPSA) is 30.2 Å². The minimum Gasteiger partial charge on any atom is -0.236 e. The van der Waals surface area contributed by atoms with E-state index in [0.29, 0.717) is 0 Å². The van der Waals surface area contributed by atoms with Crippen molar-refractivity contribution in [3.05, 3.63) is 78.2 Å². The largest absolute Gasteiger partial charge is 0.236 e. The lowest BCUT2D eigenvalue weighted by Gasteiger charge is -2.03. The Labute approximate surface area is 132 Å². The molecular formula is C18H12ClN3. The Bertz CT molecular complexity index is 928. The monoisotopic (exact) mass is 305 g/mol. The van der Waals surface area contributed by atoms with Gasteiger partial charge in [0.25, 0.3) is 0 Å². The molecule has 4 heteroatoms. The molecule has 0 saturated carbocycles. The smallest absolute Gasteiger partial charge is 0.162 e. The van der Waals surface area contributed by atoms with Crippen molar-refractivity contribution in [1.82, 2.24) is 14.6 Å². The molecule has 0 fully saturated rings. The number of aromatic nitrogens is 3. The van der Waals surface area contributed by atoms with Crippen LogP contribution in [-0.2, 0) is 0 Å². The summed E-state index contributed by atoms with van der Waals surface area (Å²) in [6, 6.07) is 17.9. The van der Waals surface area contributed by atoms with Gasteiger partial charge in [0.05, 0.1) is 6.20 Å². The van der Waals surface area contributed by atoms with E-state index < -0.39 is 0 Å². The van der Waals surface area contributed by atoms with E-state index in [4.69, 9.17) is 11.6 Å². The summed E-state index contributed by atoms with van der Waals surface area (Å²) in [4.78, 5) is 4.58. The van der Waals surface area contributed by atoms with E-state index in [1.807, 2.05) is 65.6 Å². The summed E-state index contributed by atoms with van der Waals surface area (Å²) >= 11 is 5.93. The first kappa shape index (κ1) is 13.0. The van der Waals surface area contributed by atoms with Gasteiger partial charge in [0.15, 0.2) is 5.65 Å². The van der Waals surface area contributed by atoms with Crippen LogP contribution in [-0.4, -0.2) is 14.6 Å². The molecule has 0 amide bonds. The first-order valence-corrected chi connectivity index (χ1v) is 7.34. The number of hydrogen-bond acceptors (Lipinski definition) is 2. The van der Waals surface area contributed by atoms with Gasteiger partial charge in [-0.1, -0.05) is 54.1 Å². The maximum atomic E-state index is 5.93. The van der Waals surface area contributed by atoms with E-state index in [1.165, 1.54) is 0 Å². The Morgan fingerprint density at radius 3 is 2.32 bits per heavy atom. The number of benzene rings is 2. The van der Waals surface area contributed by atoms with Crippen LogP contribution >= 0.6 is 11.6 Å². The van der Waals surface area contributed by atoms with Crippen molar-refractivity contribution < 1.29 is 0 Å². The van der Waals surface area contributed by atoms with Crippen LogP contribution in [0.2, 0.25) is 5.02 Å². The van der Waals surface area contributed by atoms with Gasteiger partial charge in [0, 0.05) is 28.5 Å². The van der Waals surface area contributed by atoms with Crippen molar-refractivity contribution in [3.8, 4) is 22.3 Å². The number of hydrogen-bond donors (Lipinski definition) is 0. The van der Waals surface area contributed by atoms with Crippen LogP contribution in [0.3, 0.4) is 0 Å². The molecular weight excluding hydrogens is 294 g/mol.